The molecule has 0 aliphatic carbocycles. The number of rotatable bonds is 12. The van der Waals surface area contributed by atoms with Crippen LogP contribution in [-0.4, -0.2) is 167 Å². The summed E-state index contributed by atoms with van der Waals surface area (Å²) < 4.78 is 0. The summed E-state index contributed by atoms with van der Waals surface area (Å²) in [4.78, 5) is 124. The van der Waals surface area contributed by atoms with Crippen LogP contribution in [0.1, 0.15) is 119 Å². The lowest BCUT2D eigenvalue weighted by Crippen LogP contribution is -2.63. The second-order valence-electron chi connectivity index (χ2n) is 20.6. The van der Waals surface area contributed by atoms with Gasteiger partial charge in [-0.15, -0.1) is 0 Å². The van der Waals surface area contributed by atoms with Crippen molar-refractivity contribution in [3.05, 3.63) is 35.9 Å². The Hall–Kier alpha value is -5.06. The Balaban J connectivity index is 2.32. The number of aliphatic hydroxyl groups excluding tert-OH is 1. The Kier molecular flexibility index (Phi) is 21.8. The largest absolute Gasteiger partial charge is 0.391 e. The van der Waals surface area contributed by atoms with E-state index in [9.17, 15) is 43.5 Å². The van der Waals surface area contributed by atoms with Crippen LogP contribution in [0.15, 0.2) is 30.3 Å². The van der Waals surface area contributed by atoms with Crippen LogP contribution < -0.4 is 16.0 Å². The first-order chi connectivity index (χ1) is 31.3. The molecule has 2 aliphatic rings. The van der Waals surface area contributed by atoms with Gasteiger partial charge in [0.2, 0.25) is 47.3 Å². The van der Waals surface area contributed by atoms with Gasteiger partial charge in [-0.3, -0.25) is 38.4 Å². The summed E-state index contributed by atoms with van der Waals surface area (Å²) in [5, 5.41) is 19.3. The quantitative estimate of drug-likeness (QED) is 0.243. The molecule has 0 aromatic heterocycles. The highest BCUT2D eigenvalue weighted by atomic mass is 16.3. The zero-order valence-electron chi connectivity index (χ0n) is 42.5. The fraction of sp³-hybridized carbons (Fsp3) is 0.720. The van der Waals surface area contributed by atoms with Crippen molar-refractivity contribution in [2.24, 2.45) is 23.7 Å². The van der Waals surface area contributed by atoms with Crippen LogP contribution >= 0.6 is 0 Å². The monoisotopic (exact) mass is 939 g/mol. The number of nitrogens with one attached hydrogen (secondary N) is 3. The first-order valence-electron chi connectivity index (χ1n) is 24.3. The molecule has 17 nitrogen and oxygen atoms in total. The second kappa shape index (κ2) is 25.9. The zero-order chi connectivity index (χ0) is 50.4. The second-order valence-corrected chi connectivity index (χ2v) is 20.6. The summed E-state index contributed by atoms with van der Waals surface area (Å²) in [6, 6.07) is 0.456. The molecule has 1 aromatic carbocycles. The molecule has 0 bridgehead atoms. The smallest absolute Gasteiger partial charge is 0.246 e. The summed E-state index contributed by atoms with van der Waals surface area (Å²) in [6.07, 6.45) is 1.24. The van der Waals surface area contributed by atoms with E-state index >= 15 is 0 Å². The van der Waals surface area contributed by atoms with Gasteiger partial charge >= 0.3 is 0 Å². The number of nitrogens with zero attached hydrogens (tertiary/aromatic N) is 5. The van der Waals surface area contributed by atoms with Crippen molar-refractivity contribution in [2.75, 3.05) is 41.3 Å². The molecule has 1 aromatic rings. The fourth-order valence-electron chi connectivity index (χ4n) is 8.95. The summed E-state index contributed by atoms with van der Waals surface area (Å²) in [6.45, 7) is 17.3. The molecular formula is C50H82N8O9. The average Bonchev–Trinajstić information content (AvgIpc) is 3.27. The molecule has 0 unspecified atom stereocenters. The predicted molar refractivity (Wildman–Crippen MR) is 257 cm³/mol. The Morgan fingerprint density at radius 3 is 1.54 bits per heavy atom. The molecular weight excluding hydrogens is 857 g/mol. The van der Waals surface area contributed by atoms with Gasteiger partial charge in [-0.1, -0.05) is 85.7 Å². The van der Waals surface area contributed by atoms with E-state index in [1.54, 1.807) is 4.90 Å². The van der Waals surface area contributed by atoms with Crippen molar-refractivity contribution in [2.45, 2.75) is 168 Å². The Morgan fingerprint density at radius 2 is 1.03 bits per heavy atom. The summed E-state index contributed by atoms with van der Waals surface area (Å²) in [5.74, 6) is -5.48. The van der Waals surface area contributed by atoms with Crippen molar-refractivity contribution in [1.82, 2.24) is 40.4 Å². The fourth-order valence-corrected chi connectivity index (χ4v) is 8.95. The Bertz CT molecular complexity index is 1850. The van der Waals surface area contributed by atoms with E-state index in [2.05, 4.69) is 16.0 Å². The van der Waals surface area contributed by atoms with Crippen LogP contribution in [0.2, 0.25) is 0 Å². The summed E-state index contributed by atoms with van der Waals surface area (Å²) in [7, 11) is 5.91. The number of hydrogen-bond donors (Lipinski definition) is 4. The number of carbonyl (C=O) groups is 8. The van der Waals surface area contributed by atoms with Crippen LogP contribution in [0, 0.1) is 23.7 Å². The number of likely N-dealkylation sites (N-methyl/N-ethyl adjacent to an activating group) is 4. The topological polar surface area (TPSA) is 209 Å². The third-order valence-electron chi connectivity index (χ3n) is 12.9. The van der Waals surface area contributed by atoms with Crippen LogP contribution in [0.5, 0.6) is 0 Å². The van der Waals surface area contributed by atoms with Gasteiger partial charge in [0.1, 0.15) is 42.3 Å². The van der Waals surface area contributed by atoms with E-state index in [0.717, 1.165) is 24.8 Å². The van der Waals surface area contributed by atoms with Gasteiger partial charge < -0.3 is 45.6 Å². The molecule has 8 atom stereocenters. The van der Waals surface area contributed by atoms with Crippen LogP contribution in [0.3, 0.4) is 0 Å². The average molecular weight is 939 g/mol. The Labute approximate surface area is 399 Å². The normalized spacial score (nSPS) is 25.9. The van der Waals surface area contributed by atoms with Gasteiger partial charge in [0.25, 0.3) is 0 Å². The molecule has 8 amide bonds. The third kappa shape index (κ3) is 16.0. The lowest BCUT2D eigenvalue weighted by atomic mass is 9.96. The molecule has 0 spiro atoms. The lowest BCUT2D eigenvalue weighted by Gasteiger charge is -2.39. The number of aliphatic hydroxyl groups is 1. The van der Waals surface area contributed by atoms with Gasteiger partial charge in [0, 0.05) is 47.7 Å². The minimum Gasteiger partial charge on any atom is -0.391 e. The van der Waals surface area contributed by atoms with Crippen molar-refractivity contribution in [3.8, 4) is 0 Å². The Morgan fingerprint density at radius 1 is 0.567 bits per heavy atom. The van der Waals surface area contributed by atoms with Gasteiger partial charge in [-0.05, 0) is 81.1 Å². The number of piperidine rings is 1. The maximum atomic E-state index is 15.0. The SMILES string of the molecule is CC(C)C[C@@H]1NC(=O)[C@H]([C@@H](C)O)NC(=O)[C@H](CC(C)C)N(C)C(=O)[C@H](Cc2ccccc2)N(C)C(=O)[C@H](CC(C)C)N(C)C(=O)C[C@@H](C(=O)N2CCCCC2)NC(=O)[C@H](CC(C)C)N(C)C1=O. The summed E-state index contributed by atoms with van der Waals surface area (Å²) in [5.41, 5.74) is 0.734. The summed E-state index contributed by atoms with van der Waals surface area (Å²) >= 11 is 0. The number of carbonyl (C=O) groups excluding carboxylic acids is 8. The maximum Gasteiger partial charge on any atom is 0.246 e. The van der Waals surface area contributed by atoms with Gasteiger partial charge in [0.05, 0.1) is 12.5 Å². The third-order valence-corrected chi connectivity index (χ3v) is 12.9. The number of likely N-dealkylation sites (tertiary alicyclic amines) is 1. The molecule has 0 saturated carbocycles. The molecule has 376 valence electrons. The van der Waals surface area contributed by atoms with E-state index in [1.807, 2.05) is 85.7 Å². The van der Waals surface area contributed by atoms with Gasteiger partial charge in [0.15, 0.2) is 0 Å². The molecule has 2 aliphatic heterocycles. The minimum absolute atomic E-state index is 0.0583. The van der Waals surface area contributed by atoms with E-state index in [-0.39, 0.29) is 55.8 Å². The first kappa shape index (κ1) is 56.3. The van der Waals surface area contributed by atoms with E-state index in [0.29, 0.717) is 13.1 Å². The predicted octanol–water partition coefficient (Wildman–Crippen LogP) is 2.97. The highest BCUT2D eigenvalue weighted by molar-refractivity contribution is 5.99. The van der Waals surface area contributed by atoms with E-state index in [1.165, 1.54) is 54.7 Å². The lowest BCUT2D eigenvalue weighted by molar-refractivity contribution is -0.153. The minimum atomic E-state index is -1.55. The van der Waals surface area contributed by atoms with Gasteiger partial charge in [-0.25, -0.2) is 0 Å². The highest BCUT2D eigenvalue weighted by Crippen LogP contribution is 2.23. The van der Waals surface area contributed by atoms with E-state index < -0.39 is 102 Å². The molecule has 17 heteroatoms. The van der Waals surface area contributed by atoms with Gasteiger partial charge in [-0.2, -0.15) is 0 Å². The number of amides is 8. The standard InChI is InChI=1S/C50H82N8O9/c1-30(2)24-36-47(64)55(11)38(25-31(3)4)44(61)51-37(48(65)58-22-18-15-19-23-58)29-42(60)54(10)40(27-33(7)8)49(66)57(13)41(28-35-20-16-14-17-21-35)50(67)56(12)39(26-32(5)6)45(62)53-43(34(9)59)46(63)52-36/h14,16-17,20-21,30-34,36-41,43,59H,15,18-19,22-29H2,1-13H3,(H,51,61)(H,52,63)(H,53,62)/t34-,36+,37+,38+,39+,40+,41+,43+/m1/s1. The van der Waals surface area contributed by atoms with Crippen molar-refractivity contribution in [1.29, 1.82) is 0 Å². The molecule has 4 N–H and O–H groups in total. The number of hydrogen-bond acceptors (Lipinski definition) is 9. The molecule has 0 radical (unpaired) electrons. The molecule has 2 saturated heterocycles. The molecule has 67 heavy (non-hydrogen) atoms. The zero-order valence-corrected chi connectivity index (χ0v) is 42.5. The van der Waals surface area contributed by atoms with Crippen molar-refractivity contribution >= 4 is 47.3 Å². The van der Waals surface area contributed by atoms with Crippen molar-refractivity contribution in [3.63, 3.8) is 0 Å². The van der Waals surface area contributed by atoms with E-state index in [4.69, 9.17) is 0 Å². The van der Waals surface area contributed by atoms with Crippen LogP contribution in [-0.2, 0) is 44.8 Å². The van der Waals surface area contributed by atoms with Crippen LogP contribution in [0.25, 0.3) is 0 Å². The molecule has 2 fully saturated rings. The van der Waals surface area contributed by atoms with Crippen LogP contribution in [0.4, 0.5) is 0 Å². The number of benzene rings is 1. The molecule has 2 heterocycles. The van der Waals surface area contributed by atoms with Crippen molar-refractivity contribution < 1.29 is 43.5 Å². The molecule has 3 rings (SSSR count). The maximum absolute atomic E-state index is 15.0. The first-order valence-corrected chi connectivity index (χ1v) is 24.3. The highest BCUT2D eigenvalue weighted by Gasteiger charge is 2.43.